The molecule has 0 heterocycles. The highest BCUT2D eigenvalue weighted by molar-refractivity contribution is 6.40. The van der Waals surface area contributed by atoms with Crippen molar-refractivity contribution >= 4 is 17.3 Å². The highest BCUT2D eigenvalue weighted by atomic mass is 16.2. The van der Waals surface area contributed by atoms with Gasteiger partial charge in [0, 0.05) is 6.42 Å². The molecule has 0 aromatic carbocycles. The first-order valence-electron chi connectivity index (χ1n) is 4.13. The van der Waals surface area contributed by atoms with Crippen molar-refractivity contribution in [2.45, 2.75) is 39.5 Å². The maximum Gasteiger partial charge on any atom is 0.205 e. The van der Waals surface area contributed by atoms with E-state index < -0.39 is 11.6 Å². The van der Waals surface area contributed by atoms with Crippen LogP contribution in [0.4, 0.5) is 0 Å². The van der Waals surface area contributed by atoms with Crippen LogP contribution in [-0.2, 0) is 14.4 Å². The molecule has 0 saturated carbocycles. The number of carbonyl (C=O) groups is 3. The van der Waals surface area contributed by atoms with Crippen LogP contribution in [0.2, 0.25) is 0 Å². The van der Waals surface area contributed by atoms with Crippen molar-refractivity contribution in [1.82, 2.24) is 0 Å². The summed E-state index contributed by atoms with van der Waals surface area (Å²) >= 11 is 0. The van der Waals surface area contributed by atoms with Gasteiger partial charge in [-0.2, -0.15) is 0 Å². The molecule has 0 fully saturated rings. The van der Waals surface area contributed by atoms with E-state index in [4.69, 9.17) is 0 Å². The number of hydrogen-bond donors (Lipinski definition) is 0. The van der Waals surface area contributed by atoms with Crippen molar-refractivity contribution < 1.29 is 14.4 Å². The Hall–Kier alpha value is -0.990. The van der Waals surface area contributed by atoms with Crippen molar-refractivity contribution in [3.63, 3.8) is 0 Å². The molecule has 3 nitrogen and oxygen atoms in total. The van der Waals surface area contributed by atoms with Gasteiger partial charge in [-0.1, -0.05) is 13.3 Å². The first kappa shape index (κ1) is 11.0. The fraction of sp³-hybridized carbons (Fsp3) is 0.667. The van der Waals surface area contributed by atoms with E-state index in [0.29, 0.717) is 0 Å². The molecule has 0 amide bonds. The Morgan fingerprint density at radius 2 is 1.67 bits per heavy atom. The summed E-state index contributed by atoms with van der Waals surface area (Å²) < 4.78 is 0. The SMILES string of the molecule is CCCCC(=O)C(=O)CC(C)=O. The summed E-state index contributed by atoms with van der Waals surface area (Å²) in [6, 6.07) is 0. The van der Waals surface area contributed by atoms with E-state index in [1.807, 2.05) is 6.92 Å². The van der Waals surface area contributed by atoms with Crippen molar-refractivity contribution in [3.05, 3.63) is 0 Å². The zero-order valence-corrected chi connectivity index (χ0v) is 7.55. The van der Waals surface area contributed by atoms with E-state index in [0.717, 1.165) is 12.8 Å². The molecule has 0 aromatic heterocycles. The number of unbranched alkanes of at least 4 members (excludes halogenated alkanes) is 1. The van der Waals surface area contributed by atoms with E-state index >= 15 is 0 Å². The van der Waals surface area contributed by atoms with E-state index in [9.17, 15) is 14.4 Å². The third-order valence-electron chi connectivity index (χ3n) is 1.48. The molecule has 0 unspecified atom stereocenters. The molecule has 0 spiro atoms. The molecule has 68 valence electrons. The van der Waals surface area contributed by atoms with Gasteiger partial charge in [0.05, 0.1) is 6.42 Å². The monoisotopic (exact) mass is 170 g/mol. The fourth-order valence-corrected chi connectivity index (χ4v) is 0.801. The smallest absolute Gasteiger partial charge is 0.205 e. The van der Waals surface area contributed by atoms with E-state index in [1.165, 1.54) is 6.92 Å². The molecule has 0 saturated heterocycles. The lowest BCUT2D eigenvalue weighted by Crippen LogP contribution is -2.16. The minimum atomic E-state index is -0.545. The zero-order valence-electron chi connectivity index (χ0n) is 7.55. The van der Waals surface area contributed by atoms with Gasteiger partial charge in [0.25, 0.3) is 0 Å². The van der Waals surface area contributed by atoms with Gasteiger partial charge < -0.3 is 0 Å². The highest BCUT2D eigenvalue weighted by Gasteiger charge is 2.14. The van der Waals surface area contributed by atoms with Gasteiger partial charge in [-0.25, -0.2) is 0 Å². The Morgan fingerprint density at radius 1 is 1.08 bits per heavy atom. The van der Waals surface area contributed by atoms with Crippen LogP contribution in [0.1, 0.15) is 39.5 Å². The number of carbonyl (C=O) groups excluding carboxylic acids is 3. The predicted octanol–water partition coefficient (Wildman–Crippen LogP) is 1.29. The fourth-order valence-electron chi connectivity index (χ4n) is 0.801. The molecule has 0 atom stereocenters. The van der Waals surface area contributed by atoms with Crippen LogP contribution in [0, 0.1) is 0 Å². The Balaban J connectivity index is 3.77. The number of ketones is 3. The molecular formula is C9H14O3. The molecule has 0 radical (unpaired) electrons. The Morgan fingerprint density at radius 3 is 2.08 bits per heavy atom. The Labute approximate surface area is 72.1 Å². The largest absolute Gasteiger partial charge is 0.300 e. The first-order valence-corrected chi connectivity index (χ1v) is 4.13. The van der Waals surface area contributed by atoms with Gasteiger partial charge in [0.15, 0.2) is 5.78 Å². The summed E-state index contributed by atoms with van der Waals surface area (Å²) in [5.41, 5.74) is 0. The summed E-state index contributed by atoms with van der Waals surface area (Å²) in [4.78, 5) is 32.3. The average molecular weight is 170 g/mol. The molecule has 0 aliphatic rings. The maximum atomic E-state index is 10.9. The third kappa shape index (κ3) is 4.77. The minimum Gasteiger partial charge on any atom is -0.300 e. The van der Waals surface area contributed by atoms with Crippen LogP contribution >= 0.6 is 0 Å². The second kappa shape index (κ2) is 5.63. The minimum absolute atomic E-state index is 0.234. The maximum absolute atomic E-state index is 10.9. The highest BCUT2D eigenvalue weighted by Crippen LogP contribution is 1.98. The molecule has 0 aliphatic carbocycles. The van der Waals surface area contributed by atoms with Crippen molar-refractivity contribution in [2.75, 3.05) is 0 Å². The van der Waals surface area contributed by atoms with E-state index in [2.05, 4.69) is 0 Å². The molecule has 3 heteroatoms. The summed E-state index contributed by atoms with van der Waals surface area (Å²) in [5.74, 6) is -1.20. The molecule has 0 rings (SSSR count). The van der Waals surface area contributed by atoms with Crippen LogP contribution in [0.3, 0.4) is 0 Å². The normalized spacial score (nSPS) is 9.50. The molecule has 0 aromatic rings. The molecule has 12 heavy (non-hydrogen) atoms. The molecular weight excluding hydrogens is 156 g/mol. The summed E-state index contributed by atoms with van der Waals surface area (Å²) in [5, 5.41) is 0. The van der Waals surface area contributed by atoms with Gasteiger partial charge >= 0.3 is 0 Å². The number of Topliss-reactive ketones (excluding diaryl/α,β-unsaturated/α-hetero) is 3. The summed E-state index contributed by atoms with van der Waals surface area (Å²) in [6.07, 6.45) is 1.66. The summed E-state index contributed by atoms with van der Waals surface area (Å²) in [7, 11) is 0. The molecule has 0 N–H and O–H groups in total. The number of hydrogen-bond acceptors (Lipinski definition) is 3. The standard InChI is InChI=1S/C9H14O3/c1-3-4-5-8(11)9(12)6-7(2)10/h3-6H2,1-2H3. The molecule has 0 aliphatic heterocycles. The lowest BCUT2D eigenvalue weighted by molar-refractivity contribution is -0.138. The lowest BCUT2D eigenvalue weighted by atomic mass is 10.1. The van der Waals surface area contributed by atoms with Crippen LogP contribution in [0.25, 0.3) is 0 Å². The van der Waals surface area contributed by atoms with Crippen LogP contribution in [0.15, 0.2) is 0 Å². The Bertz CT molecular complexity index is 194. The quantitative estimate of drug-likeness (QED) is 0.446. The van der Waals surface area contributed by atoms with Crippen LogP contribution in [0.5, 0.6) is 0 Å². The van der Waals surface area contributed by atoms with Gasteiger partial charge in [-0.05, 0) is 13.3 Å². The van der Waals surface area contributed by atoms with Crippen LogP contribution < -0.4 is 0 Å². The van der Waals surface area contributed by atoms with Crippen molar-refractivity contribution in [1.29, 1.82) is 0 Å². The van der Waals surface area contributed by atoms with Crippen molar-refractivity contribution in [3.8, 4) is 0 Å². The number of rotatable bonds is 6. The zero-order chi connectivity index (χ0) is 9.56. The van der Waals surface area contributed by atoms with Gasteiger partial charge in [0.1, 0.15) is 5.78 Å². The first-order chi connectivity index (χ1) is 5.57. The predicted molar refractivity (Wildman–Crippen MR) is 44.8 cm³/mol. The van der Waals surface area contributed by atoms with Crippen LogP contribution in [-0.4, -0.2) is 17.3 Å². The molecule has 0 bridgehead atoms. The third-order valence-corrected chi connectivity index (χ3v) is 1.48. The second-order valence-electron chi connectivity index (χ2n) is 2.83. The van der Waals surface area contributed by atoms with Gasteiger partial charge in [0.2, 0.25) is 5.78 Å². The topological polar surface area (TPSA) is 51.2 Å². The van der Waals surface area contributed by atoms with Gasteiger partial charge in [-0.3, -0.25) is 14.4 Å². The van der Waals surface area contributed by atoms with E-state index in [1.54, 1.807) is 0 Å². The van der Waals surface area contributed by atoms with E-state index in [-0.39, 0.29) is 18.6 Å². The Kier molecular flexibility index (Phi) is 5.17. The van der Waals surface area contributed by atoms with Gasteiger partial charge in [-0.15, -0.1) is 0 Å². The lowest BCUT2D eigenvalue weighted by Gasteiger charge is -1.95. The average Bonchev–Trinajstić information content (AvgIpc) is 1.98. The summed E-state index contributed by atoms with van der Waals surface area (Å²) in [6.45, 7) is 3.26. The second-order valence-corrected chi connectivity index (χ2v) is 2.83. The van der Waals surface area contributed by atoms with Crippen molar-refractivity contribution in [2.24, 2.45) is 0 Å².